The van der Waals surface area contributed by atoms with Crippen LogP contribution in [0.15, 0.2) is 54.6 Å². The molecule has 2 fully saturated rings. The van der Waals surface area contributed by atoms with Crippen LogP contribution in [-0.2, 0) is 30.3 Å². The van der Waals surface area contributed by atoms with Gasteiger partial charge in [0, 0.05) is 30.2 Å². The predicted molar refractivity (Wildman–Crippen MR) is 189 cm³/mol. The number of nitrogens with zero attached hydrogens (tertiary/aromatic N) is 1. The summed E-state index contributed by atoms with van der Waals surface area (Å²) in [4.78, 5) is 69.1. The highest BCUT2D eigenvalue weighted by atomic mass is 35.5. The fraction of sp³-hybridized carbons (Fsp3) is 0.541. The van der Waals surface area contributed by atoms with Crippen LogP contribution in [0, 0.1) is 17.8 Å². The lowest BCUT2D eigenvalue weighted by Gasteiger charge is -2.33. The molecule has 0 bridgehead atoms. The van der Waals surface area contributed by atoms with Gasteiger partial charge in [-0.3, -0.25) is 19.2 Å². The molecule has 2 aliphatic heterocycles. The van der Waals surface area contributed by atoms with Crippen molar-refractivity contribution < 1.29 is 28.7 Å². The van der Waals surface area contributed by atoms with Crippen LogP contribution < -0.4 is 21.3 Å². The number of nitrogens with one attached hydrogen (secondary N) is 4. The minimum atomic E-state index is -1.01. The van der Waals surface area contributed by atoms with Crippen molar-refractivity contribution in [3.05, 3.63) is 65.2 Å². The van der Waals surface area contributed by atoms with Gasteiger partial charge in [-0.25, -0.2) is 4.79 Å². The van der Waals surface area contributed by atoms with Gasteiger partial charge in [0.15, 0.2) is 5.78 Å². The zero-order chi connectivity index (χ0) is 35.7. The Balaban J connectivity index is 1.45. The van der Waals surface area contributed by atoms with E-state index in [4.69, 9.17) is 16.3 Å². The number of ketones is 1. The molecule has 0 saturated carbocycles. The second-order valence-electron chi connectivity index (χ2n) is 14.2. The normalized spacial score (nSPS) is 20.6. The first-order valence-corrected chi connectivity index (χ1v) is 17.6. The van der Waals surface area contributed by atoms with Gasteiger partial charge in [-0.1, -0.05) is 69.6 Å². The molecular formula is C37H50ClN5O6. The molecule has 0 spiro atoms. The van der Waals surface area contributed by atoms with E-state index in [0.29, 0.717) is 49.5 Å². The number of amides is 5. The number of hydrogen-bond donors (Lipinski definition) is 4. The number of anilines is 1. The molecule has 49 heavy (non-hydrogen) atoms. The quantitative estimate of drug-likeness (QED) is 0.198. The first-order valence-electron chi connectivity index (χ1n) is 17.2. The number of Topliss-reactive ketones (excluding diaryl/α,β-unsaturated/α-hetero) is 1. The summed E-state index contributed by atoms with van der Waals surface area (Å²) in [7, 11) is 0. The van der Waals surface area contributed by atoms with E-state index in [1.54, 1.807) is 36.1 Å². The van der Waals surface area contributed by atoms with Crippen molar-refractivity contribution >= 4 is 46.8 Å². The highest BCUT2D eigenvalue weighted by Gasteiger charge is 2.50. The number of ether oxygens (including phenoxy) is 1. The first-order chi connectivity index (χ1) is 23.2. The summed E-state index contributed by atoms with van der Waals surface area (Å²) < 4.78 is 5.39. The second kappa shape index (κ2) is 17.1. The molecule has 266 valence electrons. The van der Waals surface area contributed by atoms with E-state index < -0.39 is 47.5 Å². The lowest BCUT2D eigenvalue weighted by molar-refractivity contribution is -0.133. The van der Waals surface area contributed by atoms with E-state index in [9.17, 15) is 24.0 Å². The van der Waals surface area contributed by atoms with Crippen LogP contribution in [0.5, 0.6) is 0 Å². The number of carbonyl (C=O) groups excluding carboxylic acids is 5. The van der Waals surface area contributed by atoms with Crippen LogP contribution in [-0.4, -0.2) is 77.9 Å². The summed E-state index contributed by atoms with van der Waals surface area (Å²) in [5, 5.41) is 12.1. The summed E-state index contributed by atoms with van der Waals surface area (Å²) >= 11 is 5.96. The maximum absolute atomic E-state index is 13.9. The second-order valence-corrected chi connectivity index (χ2v) is 14.7. The SMILES string of the molecule is CC(C)CC(NC(=O)N1CCCC(C(=O)Nc2ccc(Cl)cc2)C1)C(=O)NC(Cc1ccccc1)C(=O)NC(CC(C)C)C(=O)C1(C)CO1. The van der Waals surface area contributed by atoms with Gasteiger partial charge in [0.1, 0.15) is 17.7 Å². The Hall–Kier alpha value is -3.96. The molecule has 0 aromatic heterocycles. The van der Waals surface area contributed by atoms with E-state index in [1.165, 1.54) is 0 Å². The highest BCUT2D eigenvalue weighted by molar-refractivity contribution is 6.30. The van der Waals surface area contributed by atoms with Crippen molar-refractivity contribution in [3.8, 4) is 0 Å². The maximum atomic E-state index is 13.9. The number of piperidine rings is 1. The highest BCUT2D eigenvalue weighted by Crippen LogP contribution is 2.30. The molecule has 2 heterocycles. The Morgan fingerprint density at radius 3 is 2.06 bits per heavy atom. The van der Waals surface area contributed by atoms with Crippen molar-refractivity contribution in [1.82, 2.24) is 20.9 Å². The molecule has 2 aromatic carbocycles. The van der Waals surface area contributed by atoms with E-state index in [-0.39, 0.29) is 36.5 Å². The molecule has 4 rings (SSSR count). The fourth-order valence-corrected chi connectivity index (χ4v) is 6.15. The zero-order valence-corrected chi connectivity index (χ0v) is 29.8. The molecular weight excluding hydrogens is 646 g/mol. The van der Waals surface area contributed by atoms with E-state index in [2.05, 4.69) is 21.3 Å². The first kappa shape index (κ1) is 37.9. The van der Waals surface area contributed by atoms with Gasteiger partial charge in [0.25, 0.3) is 0 Å². The topological polar surface area (TPSA) is 149 Å². The molecule has 5 amide bonds. The van der Waals surface area contributed by atoms with Crippen LogP contribution in [0.1, 0.15) is 65.9 Å². The molecule has 2 saturated heterocycles. The van der Waals surface area contributed by atoms with Crippen molar-refractivity contribution in [2.24, 2.45) is 17.8 Å². The number of hydrogen-bond acceptors (Lipinski definition) is 6. The summed E-state index contributed by atoms with van der Waals surface area (Å²) in [5.41, 5.74) is 0.531. The van der Waals surface area contributed by atoms with E-state index in [1.807, 2.05) is 58.0 Å². The van der Waals surface area contributed by atoms with Crippen LogP contribution >= 0.6 is 11.6 Å². The summed E-state index contributed by atoms with van der Waals surface area (Å²) in [6, 6.07) is 13.0. The van der Waals surface area contributed by atoms with Crippen LogP contribution in [0.3, 0.4) is 0 Å². The van der Waals surface area contributed by atoms with Crippen LogP contribution in [0.25, 0.3) is 0 Å². The van der Waals surface area contributed by atoms with Crippen molar-refractivity contribution in [1.29, 1.82) is 0 Å². The van der Waals surface area contributed by atoms with E-state index in [0.717, 1.165) is 5.56 Å². The number of rotatable bonds is 15. The number of likely N-dealkylation sites (tertiary alicyclic amines) is 1. The number of epoxide rings is 1. The monoisotopic (exact) mass is 695 g/mol. The molecule has 5 unspecified atom stereocenters. The standard InChI is InChI=1S/C37H50ClN5O6/c1-23(2)18-29(32(44)37(5)22-49-37)40-35(47)31(20-25-10-7-6-8-11-25)41-34(46)30(19-24(3)4)42-36(48)43-17-9-12-26(21-43)33(45)39-28-15-13-27(38)14-16-28/h6-8,10-11,13-16,23-24,26,29-31H,9,12,17-22H2,1-5H3,(H,39,45)(H,40,47)(H,41,46)(H,42,48). The fourth-order valence-electron chi connectivity index (χ4n) is 6.02. The third-order valence-electron chi connectivity index (χ3n) is 8.87. The van der Waals surface area contributed by atoms with E-state index >= 15 is 0 Å². The minimum absolute atomic E-state index is 0.0454. The molecule has 4 N–H and O–H groups in total. The number of urea groups is 1. The molecule has 2 aromatic rings. The number of carbonyl (C=O) groups is 5. The predicted octanol–water partition coefficient (Wildman–Crippen LogP) is 4.73. The average molecular weight is 696 g/mol. The number of halogens is 1. The molecule has 11 nitrogen and oxygen atoms in total. The van der Waals surface area contributed by atoms with Gasteiger partial charge in [0.05, 0.1) is 18.6 Å². The largest absolute Gasteiger partial charge is 0.361 e. The summed E-state index contributed by atoms with van der Waals surface area (Å²) in [6.07, 6.45) is 2.20. The average Bonchev–Trinajstić information content (AvgIpc) is 3.82. The Bertz CT molecular complexity index is 1460. The molecule has 2 aliphatic rings. The van der Waals surface area contributed by atoms with Gasteiger partial charge in [-0.05, 0) is 74.3 Å². The minimum Gasteiger partial charge on any atom is -0.361 e. The lowest BCUT2D eigenvalue weighted by Crippen LogP contribution is -2.59. The maximum Gasteiger partial charge on any atom is 0.318 e. The Kier molecular flexibility index (Phi) is 13.2. The van der Waals surface area contributed by atoms with Gasteiger partial charge in [0.2, 0.25) is 17.7 Å². The Morgan fingerprint density at radius 1 is 0.857 bits per heavy atom. The summed E-state index contributed by atoms with van der Waals surface area (Å²) in [6.45, 7) is 10.5. The third kappa shape index (κ3) is 11.3. The molecule has 12 heteroatoms. The van der Waals surface area contributed by atoms with Gasteiger partial charge in [-0.2, -0.15) is 0 Å². The lowest BCUT2D eigenvalue weighted by atomic mass is 9.93. The molecule has 5 atom stereocenters. The van der Waals surface area contributed by atoms with Crippen LogP contribution in [0.2, 0.25) is 5.02 Å². The molecule has 0 aliphatic carbocycles. The molecule has 0 radical (unpaired) electrons. The van der Waals surface area contributed by atoms with Crippen molar-refractivity contribution in [3.63, 3.8) is 0 Å². The number of benzene rings is 2. The Labute approximate surface area is 294 Å². The van der Waals surface area contributed by atoms with Crippen molar-refractivity contribution in [2.75, 3.05) is 25.0 Å². The van der Waals surface area contributed by atoms with Crippen molar-refractivity contribution in [2.45, 2.75) is 90.4 Å². The Morgan fingerprint density at radius 2 is 1.45 bits per heavy atom. The van der Waals surface area contributed by atoms with Gasteiger partial charge in [-0.15, -0.1) is 0 Å². The van der Waals surface area contributed by atoms with Gasteiger partial charge < -0.3 is 30.9 Å². The third-order valence-corrected chi connectivity index (χ3v) is 9.12. The summed E-state index contributed by atoms with van der Waals surface area (Å²) in [5.74, 6) is -1.62. The zero-order valence-electron chi connectivity index (χ0n) is 29.1. The van der Waals surface area contributed by atoms with Crippen LogP contribution in [0.4, 0.5) is 10.5 Å². The van der Waals surface area contributed by atoms with Gasteiger partial charge >= 0.3 is 6.03 Å². The smallest absolute Gasteiger partial charge is 0.318 e.